The summed E-state index contributed by atoms with van der Waals surface area (Å²) in [4.78, 5) is 38.0. The average Bonchev–Trinajstić information content (AvgIpc) is 3.40. The van der Waals surface area contributed by atoms with Crippen LogP contribution in [0.1, 0.15) is 323 Å². The van der Waals surface area contributed by atoms with Gasteiger partial charge in [-0.15, -0.1) is 0 Å². The molecule has 0 aliphatic heterocycles. The summed E-state index contributed by atoms with van der Waals surface area (Å²) in [6.07, 6.45) is 80.9. The van der Waals surface area contributed by atoms with E-state index in [2.05, 4.69) is 93.7 Å². The maximum Gasteiger partial charge on any atom is 0.306 e. The van der Waals surface area contributed by atoms with Crippen molar-refractivity contribution in [3.8, 4) is 0 Å². The zero-order chi connectivity index (χ0) is 53.6. The summed E-state index contributed by atoms with van der Waals surface area (Å²) in [5.74, 6) is -0.875. The first kappa shape index (κ1) is 70.8. The Morgan fingerprint density at radius 2 is 0.527 bits per heavy atom. The van der Waals surface area contributed by atoms with Crippen LogP contribution in [0.2, 0.25) is 0 Å². The van der Waals surface area contributed by atoms with Gasteiger partial charge in [-0.05, 0) is 89.9 Å². The molecule has 6 nitrogen and oxygen atoms in total. The molecule has 0 saturated heterocycles. The van der Waals surface area contributed by atoms with Crippen molar-refractivity contribution in [3.63, 3.8) is 0 Å². The summed E-state index contributed by atoms with van der Waals surface area (Å²) in [7, 11) is 0. The van der Waals surface area contributed by atoms with Crippen molar-refractivity contribution in [3.05, 3.63) is 72.9 Å². The van der Waals surface area contributed by atoms with E-state index in [1.807, 2.05) is 0 Å². The molecule has 0 spiro atoms. The molecule has 0 fully saturated rings. The molecular weight excluding hydrogens is 913 g/mol. The lowest BCUT2D eigenvalue weighted by Crippen LogP contribution is -2.30. The summed E-state index contributed by atoms with van der Waals surface area (Å²) in [5, 5.41) is 0. The number of allylic oxidation sites excluding steroid dienone is 12. The molecule has 0 aromatic rings. The number of carbonyl (C=O) groups is 3. The molecule has 0 heterocycles. The summed E-state index contributed by atoms with van der Waals surface area (Å²) in [6.45, 7) is 6.50. The second-order valence-electron chi connectivity index (χ2n) is 21.3. The smallest absolute Gasteiger partial charge is 0.306 e. The highest BCUT2D eigenvalue weighted by molar-refractivity contribution is 5.71. The second kappa shape index (κ2) is 62.4. The minimum absolute atomic E-state index is 0.0742. The molecule has 0 aromatic heterocycles. The summed E-state index contributed by atoms with van der Waals surface area (Å²) < 4.78 is 16.8. The van der Waals surface area contributed by atoms with Crippen molar-refractivity contribution in [2.45, 2.75) is 329 Å². The third-order valence-electron chi connectivity index (χ3n) is 13.9. The van der Waals surface area contributed by atoms with E-state index in [9.17, 15) is 14.4 Å². The zero-order valence-corrected chi connectivity index (χ0v) is 49.1. The highest BCUT2D eigenvalue weighted by Gasteiger charge is 2.19. The monoisotopic (exact) mass is 1030 g/mol. The molecule has 1 atom stereocenters. The molecule has 74 heavy (non-hydrogen) atoms. The van der Waals surface area contributed by atoms with Gasteiger partial charge in [0, 0.05) is 19.3 Å². The maximum atomic E-state index is 12.8. The summed E-state index contributed by atoms with van der Waals surface area (Å²) >= 11 is 0. The van der Waals surface area contributed by atoms with Gasteiger partial charge in [-0.25, -0.2) is 0 Å². The Labute approximate surface area is 459 Å². The number of esters is 3. The molecule has 0 saturated carbocycles. The zero-order valence-electron chi connectivity index (χ0n) is 49.1. The van der Waals surface area contributed by atoms with Crippen molar-refractivity contribution in [2.75, 3.05) is 13.2 Å². The molecule has 0 aromatic carbocycles. The SMILES string of the molecule is CC/C=C\C/C=C\C/C=C\C/C=C\C/C=C\CCCCCCCCCCCCCCCCCCCC(=O)OCC(COC(=O)CCCCCCCCC)OC(=O)CCCCCCC/C=C\CCCCCCCCC. The average molecular weight is 1030 g/mol. The molecule has 6 heteroatoms. The van der Waals surface area contributed by atoms with Crippen LogP contribution >= 0.6 is 0 Å². The molecule has 0 bridgehead atoms. The largest absolute Gasteiger partial charge is 0.462 e. The Morgan fingerprint density at radius 3 is 0.838 bits per heavy atom. The Hall–Kier alpha value is -3.15. The van der Waals surface area contributed by atoms with E-state index in [1.54, 1.807) is 0 Å². The van der Waals surface area contributed by atoms with Gasteiger partial charge < -0.3 is 14.2 Å². The van der Waals surface area contributed by atoms with Gasteiger partial charge in [-0.3, -0.25) is 14.4 Å². The fourth-order valence-electron chi connectivity index (χ4n) is 9.17. The minimum Gasteiger partial charge on any atom is -0.462 e. The number of hydrogen-bond acceptors (Lipinski definition) is 6. The van der Waals surface area contributed by atoms with Crippen molar-refractivity contribution in [1.82, 2.24) is 0 Å². The van der Waals surface area contributed by atoms with Crippen LogP contribution in [0.15, 0.2) is 72.9 Å². The van der Waals surface area contributed by atoms with E-state index >= 15 is 0 Å². The van der Waals surface area contributed by atoms with E-state index in [0.717, 1.165) is 96.3 Å². The van der Waals surface area contributed by atoms with Gasteiger partial charge in [0.2, 0.25) is 0 Å². The number of rotatable bonds is 58. The van der Waals surface area contributed by atoms with Crippen LogP contribution in [-0.4, -0.2) is 37.2 Å². The predicted octanol–water partition coefficient (Wildman–Crippen LogP) is 21.7. The molecule has 0 radical (unpaired) electrons. The van der Waals surface area contributed by atoms with Gasteiger partial charge in [-0.1, -0.05) is 286 Å². The third-order valence-corrected chi connectivity index (χ3v) is 13.9. The summed E-state index contributed by atoms with van der Waals surface area (Å²) in [6, 6.07) is 0. The molecule has 0 N–H and O–H groups in total. The van der Waals surface area contributed by atoms with Gasteiger partial charge in [0.25, 0.3) is 0 Å². The molecular formula is C68H120O6. The number of carbonyl (C=O) groups excluding carboxylic acids is 3. The van der Waals surface area contributed by atoms with Crippen molar-refractivity contribution < 1.29 is 28.6 Å². The van der Waals surface area contributed by atoms with E-state index < -0.39 is 6.10 Å². The predicted molar refractivity (Wildman–Crippen MR) is 321 cm³/mol. The quantitative estimate of drug-likeness (QED) is 0.0261. The van der Waals surface area contributed by atoms with Crippen LogP contribution in [0.3, 0.4) is 0 Å². The van der Waals surface area contributed by atoms with E-state index in [0.29, 0.717) is 19.3 Å². The molecule has 0 aliphatic rings. The number of unbranched alkanes of at least 4 members (excludes halogenated alkanes) is 35. The first-order valence-electron chi connectivity index (χ1n) is 31.9. The number of ether oxygens (including phenoxy) is 3. The van der Waals surface area contributed by atoms with Crippen molar-refractivity contribution in [1.29, 1.82) is 0 Å². The highest BCUT2D eigenvalue weighted by Crippen LogP contribution is 2.17. The fourth-order valence-corrected chi connectivity index (χ4v) is 9.17. The Morgan fingerprint density at radius 1 is 0.284 bits per heavy atom. The van der Waals surface area contributed by atoms with Crippen LogP contribution < -0.4 is 0 Å². The third kappa shape index (κ3) is 59.7. The lowest BCUT2D eigenvalue weighted by Gasteiger charge is -2.18. The fraction of sp³-hybridized carbons (Fsp3) is 0.779. The number of hydrogen-bond donors (Lipinski definition) is 0. The molecule has 0 rings (SSSR count). The minimum atomic E-state index is -0.774. The van der Waals surface area contributed by atoms with Crippen LogP contribution in [0.5, 0.6) is 0 Å². The Kier molecular flexibility index (Phi) is 59.7. The van der Waals surface area contributed by atoms with Gasteiger partial charge >= 0.3 is 17.9 Å². The highest BCUT2D eigenvalue weighted by atomic mass is 16.6. The van der Waals surface area contributed by atoms with Gasteiger partial charge in [0.05, 0.1) is 0 Å². The first-order chi connectivity index (χ1) is 36.5. The molecule has 428 valence electrons. The second-order valence-corrected chi connectivity index (χ2v) is 21.3. The first-order valence-corrected chi connectivity index (χ1v) is 31.9. The van der Waals surface area contributed by atoms with Crippen molar-refractivity contribution in [2.24, 2.45) is 0 Å². The molecule has 0 aliphatic carbocycles. The van der Waals surface area contributed by atoms with E-state index in [4.69, 9.17) is 14.2 Å². The van der Waals surface area contributed by atoms with Crippen LogP contribution in [-0.2, 0) is 28.6 Å². The van der Waals surface area contributed by atoms with Gasteiger partial charge in [0.1, 0.15) is 13.2 Å². The van der Waals surface area contributed by atoms with Gasteiger partial charge in [-0.2, -0.15) is 0 Å². The Bertz CT molecular complexity index is 1370. The van der Waals surface area contributed by atoms with Gasteiger partial charge in [0.15, 0.2) is 6.10 Å². The lowest BCUT2D eigenvalue weighted by molar-refractivity contribution is -0.167. The van der Waals surface area contributed by atoms with Crippen molar-refractivity contribution >= 4 is 17.9 Å². The van der Waals surface area contributed by atoms with Crippen LogP contribution in [0.4, 0.5) is 0 Å². The normalized spacial score (nSPS) is 12.5. The molecule has 1 unspecified atom stereocenters. The van der Waals surface area contributed by atoms with E-state index in [-0.39, 0.29) is 31.1 Å². The lowest BCUT2D eigenvalue weighted by atomic mass is 10.0. The van der Waals surface area contributed by atoms with E-state index in [1.165, 1.54) is 186 Å². The standard InChI is InChI=1S/C68H120O6/c1-4-7-10-13-16-18-20-22-24-26-27-28-29-30-31-32-33-34-35-36-37-38-39-40-41-42-44-45-47-49-52-55-58-61-67(70)73-64-65(63-72-66(69)60-57-54-51-15-12-9-6-3)74-68(71)62-59-56-53-50-48-46-43-25-23-21-19-17-14-11-8-5-2/h7,10,16,18,22,24-25,27-28,30-31,43,65H,4-6,8-9,11-15,17,19-21,23,26,29,32-42,44-64H2,1-3H3/b10-7-,18-16-,24-22-,28-27-,31-30-,43-25-. The van der Waals surface area contributed by atoms with Crippen LogP contribution in [0, 0.1) is 0 Å². The van der Waals surface area contributed by atoms with Crippen LogP contribution in [0.25, 0.3) is 0 Å². The molecule has 0 amide bonds. The Balaban J connectivity index is 4.01. The summed E-state index contributed by atoms with van der Waals surface area (Å²) in [5.41, 5.74) is 0. The maximum absolute atomic E-state index is 12.8. The topological polar surface area (TPSA) is 78.9 Å².